The average Bonchev–Trinajstić information content (AvgIpc) is 3.25. The van der Waals surface area contributed by atoms with E-state index in [1.54, 1.807) is 0 Å². The Bertz CT molecular complexity index is 847. The highest BCUT2D eigenvalue weighted by atomic mass is 16.5. The number of fused-ring (bicyclic) bond motifs is 1. The Hall–Kier alpha value is -1.81. The Morgan fingerprint density at radius 3 is 2.81 bits per heavy atom. The van der Waals surface area contributed by atoms with E-state index in [-0.39, 0.29) is 16.8 Å². The molecule has 4 aliphatic rings. The maximum Gasteiger partial charge on any atom is 0.335 e. The van der Waals surface area contributed by atoms with Crippen LogP contribution in [0.5, 0.6) is 0 Å². The first-order valence-corrected chi connectivity index (χ1v) is 10.6. The van der Waals surface area contributed by atoms with E-state index in [1.165, 1.54) is 61.0 Å². The van der Waals surface area contributed by atoms with E-state index in [4.69, 9.17) is 4.74 Å². The number of nitrogens with one attached hydrogen (secondary N) is 1. The number of rotatable bonds is 3. The third-order valence-corrected chi connectivity index (χ3v) is 8.53. The summed E-state index contributed by atoms with van der Waals surface area (Å²) >= 11 is 0. The number of hydrogen-bond acceptors (Lipinski definition) is 3. The first-order valence-electron chi connectivity index (χ1n) is 10.6. The molecule has 5 rings (SSSR count). The molecular weight excluding hydrogens is 336 g/mol. The monoisotopic (exact) mass is 367 g/mol. The lowest BCUT2D eigenvalue weighted by atomic mass is 9.53. The molecule has 2 fully saturated rings. The van der Waals surface area contributed by atoms with Crippen LogP contribution in [-0.2, 0) is 14.9 Å². The molecule has 4 nitrogen and oxygen atoms in total. The number of methoxy groups -OCH3 is 1. The van der Waals surface area contributed by atoms with E-state index in [0.29, 0.717) is 6.04 Å². The summed E-state index contributed by atoms with van der Waals surface area (Å²) in [6.07, 6.45) is 5.63. The van der Waals surface area contributed by atoms with Crippen molar-refractivity contribution in [2.75, 3.05) is 32.1 Å². The zero-order valence-electron chi connectivity index (χ0n) is 16.8. The lowest BCUT2D eigenvalue weighted by molar-refractivity contribution is -0.952. The molecule has 1 spiro atoms. The Kier molecular flexibility index (Phi) is 3.59. The number of quaternary nitrogens is 1. The van der Waals surface area contributed by atoms with Crippen molar-refractivity contribution in [3.8, 4) is 0 Å². The molecule has 1 aliphatic carbocycles. The zero-order valence-corrected chi connectivity index (χ0v) is 16.8. The van der Waals surface area contributed by atoms with Gasteiger partial charge >= 0.3 is 5.97 Å². The molecule has 0 saturated carbocycles. The number of ether oxygens (including phenoxy) is 1. The van der Waals surface area contributed by atoms with E-state index in [1.807, 2.05) is 0 Å². The second-order valence-corrected chi connectivity index (χ2v) is 9.12. The predicted molar refractivity (Wildman–Crippen MR) is 106 cm³/mol. The van der Waals surface area contributed by atoms with Crippen molar-refractivity contribution in [2.24, 2.45) is 5.41 Å². The van der Waals surface area contributed by atoms with Gasteiger partial charge in [-0.25, -0.2) is 4.79 Å². The number of carbonyl (C=O) groups is 1. The molecular formula is C23H31N2O2+. The van der Waals surface area contributed by atoms with E-state index < -0.39 is 0 Å². The summed E-state index contributed by atoms with van der Waals surface area (Å²) in [7, 11) is 1.53. The van der Waals surface area contributed by atoms with Gasteiger partial charge in [-0.1, -0.05) is 25.1 Å². The van der Waals surface area contributed by atoms with Crippen molar-refractivity contribution in [3.05, 3.63) is 41.1 Å². The normalized spacial score (nSPS) is 38.7. The zero-order chi connectivity index (χ0) is 18.9. The Morgan fingerprint density at radius 1 is 1.26 bits per heavy atom. The molecule has 4 heteroatoms. The standard InChI is InChI=1S/C23H30N2O2/c1-4-22-11-8-13-25(5-2)14-12-23(21(22)25)17-9-6-7-10-18(17)24-19(23)16(15-22)20(26)27-3/h6-7,9-10,21H,4-5,8,11-15H2,1-3H3/p+1/t21-,22-,23-,25+/m0/s1. The Balaban J connectivity index is 1.84. The maximum atomic E-state index is 12.9. The molecule has 0 bridgehead atoms. The molecule has 0 unspecified atom stereocenters. The number of esters is 1. The van der Waals surface area contributed by atoms with E-state index in [9.17, 15) is 4.79 Å². The van der Waals surface area contributed by atoms with Crippen LogP contribution in [0.25, 0.3) is 0 Å². The molecule has 4 atom stereocenters. The largest absolute Gasteiger partial charge is 0.466 e. The molecule has 1 aromatic carbocycles. The molecule has 0 radical (unpaired) electrons. The number of hydrogen-bond donors (Lipinski definition) is 1. The summed E-state index contributed by atoms with van der Waals surface area (Å²) in [5.74, 6) is -0.136. The number of likely N-dealkylation sites (N-methyl/N-ethyl adjacent to an activating group) is 1. The first-order chi connectivity index (χ1) is 13.1. The molecule has 3 aliphatic heterocycles. The van der Waals surface area contributed by atoms with Crippen LogP contribution in [0.15, 0.2) is 35.5 Å². The van der Waals surface area contributed by atoms with Gasteiger partial charge in [-0.15, -0.1) is 0 Å². The van der Waals surface area contributed by atoms with Gasteiger partial charge in [0, 0.05) is 23.2 Å². The quantitative estimate of drug-likeness (QED) is 0.649. The number of carbonyl (C=O) groups excluding carboxylic acids is 1. The number of benzene rings is 1. The van der Waals surface area contributed by atoms with Gasteiger partial charge in [0.1, 0.15) is 6.04 Å². The topological polar surface area (TPSA) is 38.3 Å². The predicted octanol–water partition coefficient (Wildman–Crippen LogP) is 3.98. The van der Waals surface area contributed by atoms with Crippen molar-refractivity contribution in [2.45, 2.75) is 57.4 Å². The summed E-state index contributed by atoms with van der Waals surface area (Å²) in [5.41, 5.74) is 4.83. The molecule has 2 saturated heterocycles. The van der Waals surface area contributed by atoms with Crippen molar-refractivity contribution in [1.82, 2.24) is 0 Å². The SMILES string of the molecule is CC[C@]12CCC[N@+]3(CC)CC[C@]4(C(=C(C(=O)OC)C1)Nc1ccccc14)[C@H]23. The van der Waals surface area contributed by atoms with Crippen molar-refractivity contribution < 1.29 is 14.0 Å². The van der Waals surface area contributed by atoms with Gasteiger partial charge in [-0.2, -0.15) is 0 Å². The molecule has 0 amide bonds. The molecule has 3 heterocycles. The van der Waals surface area contributed by atoms with Gasteiger partial charge in [0.25, 0.3) is 0 Å². The van der Waals surface area contributed by atoms with E-state index in [0.717, 1.165) is 24.8 Å². The second-order valence-electron chi connectivity index (χ2n) is 9.12. The highest BCUT2D eigenvalue weighted by Crippen LogP contribution is 2.67. The van der Waals surface area contributed by atoms with Crippen LogP contribution < -0.4 is 5.32 Å². The summed E-state index contributed by atoms with van der Waals surface area (Å²) < 4.78 is 6.50. The van der Waals surface area contributed by atoms with E-state index >= 15 is 0 Å². The molecule has 1 N–H and O–H groups in total. The third kappa shape index (κ3) is 1.90. The maximum absolute atomic E-state index is 12.9. The van der Waals surface area contributed by atoms with E-state index in [2.05, 4.69) is 43.4 Å². The van der Waals surface area contributed by atoms with Gasteiger partial charge in [0.2, 0.25) is 0 Å². The van der Waals surface area contributed by atoms with Crippen LogP contribution in [0.4, 0.5) is 5.69 Å². The minimum Gasteiger partial charge on any atom is -0.466 e. The summed E-state index contributed by atoms with van der Waals surface area (Å²) in [5, 5.41) is 3.70. The fourth-order valence-electron chi connectivity index (χ4n) is 7.53. The summed E-state index contributed by atoms with van der Waals surface area (Å²) in [6.45, 7) is 8.41. The van der Waals surface area contributed by atoms with Crippen LogP contribution in [0.3, 0.4) is 0 Å². The summed E-state index contributed by atoms with van der Waals surface area (Å²) in [4.78, 5) is 12.9. The lowest BCUT2D eigenvalue weighted by Gasteiger charge is -2.59. The third-order valence-electron chi connectivity index (χ3n) is 8.53. The van der Waals surface area contributed by atoms with Crippen LogP contribution in [0, 0.1) is 5.41 Å². The second kappa shape index (κ2) is 5.60. The highest BCUT2D eigenvalue weighted by Gasteiger charge is 2.72. The van der Waals surface area contributed by atoms with Crippen molar-refractivity contribution in [1.29, 1.82) is 0 Å². The molecule has 144 valence electrons. The lowest BCUT2D eigenvalue weighted by Crippen LogP contribution is -2.68. The first kappa shape index (κ1) is 17.3. The van der Waals surface area contributed by atoms with Crippen LogP contribution in [0.2, 0.25) is 0 Å². The fourth-order valence-corrected chi connectivity index (χ4v) is 7.53. The molecule has 1 aromatic rings. The smallest absolute Gasteiger partial charge is 0.335 e. The van der Waals surface area contributed by atoms with Crippen LogP contribution in [0.1, 0.15) is 51.5 Å². The number of para-hydroxylation sites is 1. The highest BCUT2D eigenvalue weighted by molar-refractivity contribution is 5.93. The summed E-state index contributed by atoms with van der Waals surface area (Å²) in [6, 6.07) is 9.32. The van der Waals surface area contributed by atoms with Gasteiger partial charge in [0.15, 0.2) is 0 Å². The van der Waals surface area contributed by atoms with Crippen molar-refractivity contribution >= 4 is 11.7 Å². The number of nitrogens with zero attached hydrogens (tertiary/aromatic N) is 1. The van der Waals surface area contributed by atoms with Gasteiger partial charge in [0.05, 0.1) is 37.7 Å². The number of anilines is 1. The molecule has 0 aromatic heterocycles. The van der Waals surface area contributed by atoms with Crippen LogP contribution >= 0.6 is 0 Å². The Labute approximate surface area is 162 Å². The van der Waals surface area contributed by atoms with Gasteiger partial charge < -0.3 is 14.5 Å². The fraction of sp³-hybridized carbons (Fsp3) is 0.609. The van der Waals surface area contributed by atoms with Gasteiger partial charge in [-0.05, 0) is 44.2 Å². The van der Waals surface area contributed by atoms with Crippen molar-refractivity contribution in [3.63, 3.8) is 0 Å². The minimum absolute atomic E-state index is 0.0508. The van der Waals surface area contributed by atoms with Crippen LogP contribution in [-0.4, -0.2) is 43.2 Å². The average molecular weight is 368 g/mol. The minimum atomic E-state index is -0.136. The van der Waals surface area contributed by atoms with Gasteiger partial charge in [-0.3, -0.25) is 0 Å². The Morgan fingerprint density at radius 2 is 2.07 bits per heavy atom. The number of piperidine rings is 1. The molecule has 27 heavy (non-hydrogen) atoms.